The molecule has 0 atom stereocenters. The number of ether oxygens (including phenoxy) is 1. The van der Waals surface area contributed by atoms with Crippen LogP contribution in [0.5, 0.6) is 5.75 Å². The van der Waals surface area contributed by atoms with Crippen molar-refractivity contribution in [3.05, 3.63) is 58.4 Å². The summed E-state index contributed by atoms with van der Waals surface area (Å²) in [7, 11) is -0.681. The number of rotatable bonds is 5. The van der Waals surface area contributed by atoms with E-state index in [1.165, 1.54) is 18.4 Å². The Balaban J connectivity index is 1.71. The van der Waals surface area contributed by atoms with Gasteiger partial charge in [0.05, 0.1) is 24.4 Å². The highest BCUT2D eigenvalue weighted by molar-refractivity contribution is 7.70. The maximum absolute atomic E-state index is 12.4. The molecule has 2 aromatic rings. The number of hydrogen-bond acceptors (Lipinski definition) is 4. The predicted octanol–water partition coefficient (Wildman–Crippen LogP) is 4.27. The Morgan fingerprint density at radius 2 is 2.07 bits per heavy atom. The van der Waals surface area contributed by atoms with Crippen LogP contribution in [0.1, 0.15) is 46.8 Å². The van der Waals surface area contributed by atoms with Gasteiger partial charge in [-0.1, -0.05) is 18.2 Å². The number of allylic oxidation sites excluding steroid dienone is 2. The van der Waals surface area contributed by atoms with Crippen molar-refractivity contribution in [2.24, 2.45) is 0 Å². The summed E-state index contributed by atoms with van der Waals surface area (Å²) in [6.45, 7) is 3.54. The predicted molar refractivity (Wildman–Crippen MR) is 108 cm³/mol. The number of hydrogen-bond donors (Lipinski definition) is 0. The first kappa shape index (κ1) is 18.0. The van der Waals surface area contributed by atoms with Crippen LogP contribution in [-0.2, 0) is 17.4 Å². The van der Waals surface area contributed by atoms with Crippen molar-refractivity contribution in [3.63, 3.8) is 0 Å². The van der Waals surface area contributed by atoms with Crippen molar-refractivity contribution >= 4 is 18.0 Å². The highest BCUT2D eigenvalue weighted by Crippen LogP contribution is 2.46. The van der Waals surface area contributed by atoms with Crippen molar-refractivity contribution in [1.82, 2.24) is 4.98 Å². The zero-order valence-corrected chi connectivity index (χ0v) is 16.8. The largest absolute Gasteiger partial charge is 0.496 e. The van der Waals surface area contributed by atoms with Gasteiger partial charge >= 0.3 is 0 Å². The highest BCUT2D eigenvalue weighted by Gasteiger charge is 2.31. The van der Waals surface area contributed by atoms with Gasteiger partial charge in [-0.25, -0.2) is 0 Å². The van der Waals surface area contributed by atoms with E-state index in [9.17, 15) is 9.83 Å². The third-order valence-electron chi connectivity index (χ3n) is 5.35. The molecule has 4 rings (SSSR count). The molecule has 2 aliphatic rings. The van der Waals surface area contributed by atoms with Gasteiger partial charge in [0.25, 0.3) is 0 Å². The summed E-state index contributed by atoms with van der Waals surface area (Å²) < 4.78 is 17.9. The van der Waals surface area contributed by atoms with E-state index in [2.05, 4.69) is 12.1 Å². The smallest absolute Gasteiger partial charge is 0.123 e. The van der Waals surface area contributed by atoms with E-state index in [-0.39, 0.29) is 0 Å². The average molecular weight is 378 g/mol. The van der Waals surface area contributed by atoms with Crippen LogP contribution in [0.4, 0.5) is 0 Å². The van der Waals surface area contributed by atoms with E-state index in [1.807, 2.05) is 24.3 Å². The summed E-state index contributed by atoms with van der Waals surface area (Å²) in [5.41, 5.74) is 6.19. The van der Waals surface area contributed by atoms with Crippen molar-refractivity contribution < 1.29 is 9.30 Å². The summed E-state index contributed by atoms with van der Waals surface area (Å²) in [6.07, 6.45) is 5.76. The van der Waals surface area contributed by atoms with Crippen LogP contribution < -0.4 is 10.0 Å². The molecule has 27 heavy (non-hydrogen) atoms. The van der Waals surface area contributed by atoms with Gasteiger partial charge < -0.3 is 9.30 Å². The molecule has 0 saturated heterocycles. The third kappa shape index (κ3) is 3.45. The Bertz CT molecular complexity index is 1040. The van der Waals surface area contributed by atoms with Gasteiger partial charge in [-0.15, -0.1) is 0 Å². The van der Waals surface area contributed by atoms with Crippen LogP contribution in [0.3, 0.4) is 0 Å². The van der Waals surface area contributed by atoms with Gasteiger partial charge in [0.15, 0.2) is 0 Å². The van der Waals surface area contributed by atoms with Crippen LogP contribution in [-0.4, -0.2) is 25.4 Å². The number of fused-ring (bicyclic) bond motifs is 1. The Morgan fingerprint density at radius 1 is 1.30 bits per heavy atom. The molecule has 2 aliphatic carbocycles. The third-order valence-corrected chi connectivity index (χ3v) is 6.87. The lowest BCUT2D eigenvalue weighted by Gasteiger charge is -2.15. The molecule has 138 valence electrons. The number of benzene rings is 1. The molecule has 1 aromatic heterocycles. The lowest BCUT2D eigenvalue weighted by molar-refractivity contribution is 0.410. The first-order valence-corrected chi connectivity index (χ1v) is 11.9. The summed E-state index contributed by atoms with van der Waals surface area (Å²) in [4.78, 5) is 4.85. The zero-order chi connectivity index (χ0) is 19.2. The molecule has 0 bridgehead atoms. The van der Waals surface area contributed by atoms with E-state index in [0.717, 1.165) is 45.6 Å². The van der Waals surface area contributed by atoms with Crippen LogP contribution in [0.15, 0.2) is 30.3 Å². The fourth-order valence-electron chi connectivity index (χ4n) is 3.76. The van der Waals surface area contributed by atoms with Crippen LogP contribution >= 0.6 is 7.14 Å². The monoisotopic (exact) mass is 378 g/mol. The number of methoxy groups -OCH3 is 1. The first-order valence-electron chi connectivity index (χ1n) is 9.26. The molecule has 0 radical (unpaired) electrons. The molecule has 0 N–H and O–H groups in total. The fraction of sp³-hybridized carbons (Fsp3) is 0.364. The molecular weight excluding hydrogens is 355 g/mol. The minimum absolute atomic E-state index is 0.561. The lowest BCUT2D eigenvalue weighted by Crippen LogP contribution is -2.07. The lowest BCUT2D eigenvalue weighted by atomic mass is 9.97. The molecule has 1 fully saturated rings. The average Bonchev–Trinajstić information content (AvgIpc) is 3.40. The van der Waals surface area contributed by atoms with Crippen molar-refractivity contribution in [2.45, 2.75) is 31.6 Å². The number of pyridine rings is 1. The van der Waals surface area contributed by atoms with Crippen molar-refractivity contribution in [3.8, 4) is 11.8 Å². The maximum atomic E-state index is 12.4. The maximum Gasteiger partial charge on any atom is 0.123 e. The molecule has 0 unspecified atom stereocenters. The molecule has 0 amide bonds. The molecule has 5 heteroatoms. The Morgan fingerprint density at radius 3 is 2.70 bits per heavy atom. The van der Waals surface area contributed by atoms with E-state index < -0.39 is 7.14 Å². The quantitative estimate of drug-likeness (QED) is 0.729. The summed E-state index contributed by atoms with van der Waals surface area (Å²) in [5, 5.41) is 10.2. The SMILES string of the molecule is COc1cc(P(C)(C)=O)ccc1Cc1cc(C2CC2)c2c(n1)CC=C2C#N. The number of nitriles is 1. The van der Waals surface area contributed by atoms with Gasteiger partial charge in [-0.3, -0.25) is 4.98 Å². The van der Waals surface area contributed by atoms with Crippen molar-refractivity contribution in [2.75, 3.05) is 20.4 Å². The van der Waals surface area contributed by atoms with Gasteiger partial charge in [0.2, 0.25) is 0 Å². The zero-order valence-electron chi connectivity index (χ0n) is 16.0. The fourth-order valence-corrected chi connectivity index (χ4v) is 4.62. The molecule has 0 spiro atoms. The Hall–Kier alpha value is -2.37. The normalized spacial score (nSPS) is 15.9. The van der Waals surface area contributed by atoms with Crippen LogP contribution in [0, 0.1) is 11.3 Å². The first-order chi connectivity index (χ1) is 12.9. The van der Waals surface area contributed by atoms with E-state index in [4.69, 9.17) is 9.72 Å². The van der Waals surface area contributed by atoms with Gasteiger partial charge in [0.1, 0.15) is 12.9 Å². The van der Waals surface area contributed by atoms with Gasteiger partial charge in [-0.05, 0) is 49.8 Å². The van der Waals surface area contributed by atoms with E-state index in [0.29, 0.717) is 12.3 Å². The summed E-state index contributed by atoms with van der Waals surface area (Å²) in [5.74, 6) is 1.31. The Kier molecular flexibility index (Phi) is 4.44. The van der Waals surface area contributed by atoms with Gasteiger partial charge in [-0.2, -0.15) is 5.26 Å². The summed E-state index contributed by atoms with van der Waals surface area (Å²) in [6, 6.07) is 10.3. The molecule has 1 aromatic carbocycles. The molecule has 1 heterocycles. The van der Waals surface area contributed by atoms with E-state index in [1.54, 1.807) is 20.4 Å². The minimum atomic E-state index is -2.33. The standard InChI is InChI=1S/C22H23N2O2P/c1-26-21-12-18(27(2,3)25)8-6-15(21)10-17-11-19(14-4-5-14)22-16(13-23)7-9-20(22)24-17/h6-8,11-12,14H,4-5,9-10H2,1-3H3. The van der Waals surface area contributed by atoms with Crippen LogP contribution in [0.25, 0.3) is 5.57 Å². The minimum Gasteiger partial charge on any atom is -0.496 e. The second-order valence-corrected chi connectivity index (χ2v) is 11.0. The molecular formula is C22H23N2O2P. The number of aromatic nitrogens is 1. The highest BCUT2D eigenvalue weighted by atomic mass is 31.2. The topological polar surface area (TPSA) is 63.0 Å². The second kappa shape index (κ2) is 6.66. The second-order valence-electron chi connectivity index (χ2n) is 7.76. The van der Waals surface area contributed by atoms with Gasteiger partial charge in [0, 0.05) is 35.0 Å². The summed E-state index contributed by atoms with van der Waals surface area (Å²) >= 11 is 0. The van der Waals surface area contributed by atoms with E-state index >= 15 is 0 Å². The molecule has 1 saturated carbocycles. The van der Waals surface area contributed by atoms with Crippen LogP contribution in [0.2, 0.25) is 0 Å². The molecule has 0 aliphatic heterocycles. The molecule has 4 nitrogen and oxygen atoms in total. The van der Waals surface area contributed by atoms with Crippen molar-refractivity contribution in [1.29, 1.82) is 5.26 Å². The Labute approximate surface area is 160 Å². The number of nitrogens with zero attached hydrogens (tertiary/aromatic N) is 2.